The zero-order valence-electron chi connectivity index (χ0n) is 5.74. The largest absolute Gasteiger partial charge is 0.481 e. The average Bonchev–Trinajstić information content (AvgIpc) is 1.53. The molecule has 0 rings (SSSR count). The van der Waals surface area contributed by atoms with Crippen molar-refractivity contribution >= 4 is 16.4 Å². The highest BCUT2D eigenvalue weighted by molar-refractivity contribution is 7.84. The first-order chi connectivity index (χ1) is 4.81. The molecule has 0 aromatic heterocycles. The number of nitrogens with one attached hydrogen (secondary N) is 1. The summed E-state index contributed by atoms with van der Waals surface area (Å²) in [6.45, 7) is 1.26. The summed E-state index contributed by atoms with van der Waals surface area (Å²) in [7, 11) is -4.78. The predicted octanol–water partition coefficient (Wildman–Crippen LogP) is -0.346. The molecule has 0 aliphatic heterocycles. The summed E-state index contributed by atoms with van der Waals surface area (Å²) in [6, 6.07) is -0.928. The van der Waals surface area contributed by atoms with Gasteiger partial charge in [0.25, 0.3) is 0 Å². The lowest BCUT2D eigenvalue weighted by atomic mass is 10.3. The van der Waals surface area contributed by atoms with E-state index in [0.717, 1.165) is 0 Å². The second kappa shape index (κ2) is 3.63. The predicted molar refractivity (Wildman–Crippen MR) is 34.9 cm³/mol. The van der Waals surface area contributed by atoms with Crippen molar-refractivity contribution in [3.05, 3.63) is 0 Å². The fourth-order valence-electron chi connectivity index (χ4n) is 0.544. The molecular weight excluding hydrogens is 177 g/mol. The molecule has 0 heterocycles. The molecule has 1 atom stereocenters. The Balaban J connectivity index is 3.89. The van der Waals surface area contributed by atoms with Crippen molar-refractivity contribution in [3.63, 3.8) is 0 Å². The maximum absolute atomic E-state index is 11.8. The van der Waals surface area contributed by atoms with Crippen molar-refractivity contribution in [2.45, 2.75) is 19.4 Å². The first-order valence-electron chi connectivity index (χ1n) is 2.75. The lowest BCUT2D eigenvalue weighted by Gasteiger charge is -2.05. The number of carboxylic acids is 1. The molecule has 2 N–H and O–H groups in total. The van der Waals surface area contributed by atoms with Gasteiger partial charge in [-0.25, -0.2) is 0 Å². The molecule has 0 aliphatic rings. The van der Waals surface area contributed by atoms with E-state index >= 15 is 0 Å². The third-order valence-corrected chi connectivity index (χ3v) is 1.51. The Bertz CT molecular complexity index is 236. The van der Waals surface area contributed by atoms with Crippen molar-refractivity contribution in [2.24, 2.45) is 0 Å². The Morgan fingerprint density at radius 1 is 1.73 bits per heavy atom. The van der Waals surface area contributed by atoms with Gasteiger partial charge in [-0.15, -0.1) is 0 Å². The fraction of sp³-hybridized carbons (Fsp3) is 0.750. The Morgan fingerprint density at radius 2 is 2.18 bits per heavy atom. The zero-order chi connectivity index (χ0) is 9.07. The standard InChI is InChI=1S/C4H8FNO4S/c1-3(2-4(7)8)6-11(5,9)10/h3,6H,2H2,1H3,(H,7,8). The zero-order valence-corrected chi connectivity index (χ0v) is 6.56. The molecule has 0 bridgehead atoms. The van der Waals surface area contributed by atoms with Gasteiger partial charge in [-0.1, -0.05) is 3.89 Å². The van der Waals surface area contributed by atoms with Crippen molar-refractivity contribution in [3.8, 4) is 0 Å². The second-order valence-corrected chi connectivity index (χ2v) is 3.17. The van der Waals surface area contributed by atoms with Gasteiger partial charge < -0.3 is 5.11 Å². The maximum Gasteiger partial charge on any atom is 0.372 e. The third kappa shape index (κ3) is 7.20. The van der Waals surface area contributed by atoms with Crippen LogP contribution in [0.4, 0.5) is 3.89 Å². The van der Waals surface area contributed by atoms with Crippen LogP contribution in [-0.2, 0) is 15.2 Å². The molecule has 0 saturated carbocycles. The second-order valence-electron chi connectivity index (χ2n) is 2.05. The summed E-state index contributed by atoms with van der Waals surface area (Å²) in [5.74, 6) is -1.19. The van der Waals surface area contributed by atoms with E-state index in [-0.39, 0.29) is 0 Å². The average molecular weight is 185 g/mol. The molecule has 0 aromatic carbocycles. The van der Waals surface area contributed by atoms with Gasteiger partial charge in [0.2, 0.25) is 0 Å². The van der Waals surface area contributed by atoms with Gasteiger partial charge in [-0.3, -0.25) is 4.79 Å². The summed E-state index contributed by atoms with van der Waals surface area (Å²) < 4.78 is 32.9. The quantitative estimate of drug-likeness (QED) is 0.586. The molecule has 7 heteroatoms. The van der Waals surface area contributed by atoms with Crippen LogP contribution < -0.4 is 4.72 Å². The van der Waals surface area contributed by atoms with Crippen LogP contribution >= 0.6 is 0 Å². The topological polar surface area (TPSA) is 83.5 Å². The number of hydrogen-bond donors (Lipinski definition) is 2. The molecule has 0 amide bonds. The van der Waals surface area contributed by atoms with Crippen LogP contribution in [0.5, 0.6) is 0 Å². The van der Waals surface area contributed by atoms with Gasteiger partial charge >= 0.3 is 16.4 Å². The molecule has 0 radical (unpaired) electrons. The van der Waals surface area contributed by atoms with Crippen LogP contribution in [0.15, 0.2) is 0 Å². The Hall–Kier alpha value is -0.690. The molecule has 0 aliphatic carbocycles. The van der Waals surface area contributed by atoms with E-state index in [2.05, 4.69) is 0 Å². The minimum atomic E-state index is -4.78. The Labute approximate surface area is 63.6 Å². The van der Waals surface area contributed by atoms with Gasteiger partial charge in [0.15, 0.2) is 0 Å². The van der Waals surface area contributed by atoms with E-state index in [9.17, 15) is 17.1 Å². The van der Waals surface area contributed by atoms with Gasteiger partial charge in [-0.05, 0) is 6.92 Å². The SMILES string of the molecule is CC(CC(=O)O)NS(=O)(=O)F. The normalized spacial score (nSPS) is 14.4. The van der Waals surface area contributed by atoms with E-state index in [4.69, 9.17) is 5.11 Å². The molecule has 11 heavy (non-hydrogen) atoms. The highest BCUT2D eigenvalue weighted by atomic mass is 32.3. The van der Waals surface area contributed by atoms with Crippen LogP contribution in [0.3, 0.4) is 0 Å². The number of carboxylic acid groups (broad SMARTS) is 1. The third-order valence-electron chi connectivity index (χ3n) is 0.823. The highest BCUT2D eigenvalue weighted by Gasteiger charge is 2.14. The van der Waals surface area contributed by atoms with Crippen molar-refractivity contribution in [1.29, 1.82) is 0 Å². The number of aliphatic carboxylic acids is 1. The van der Waals surface area contributed by atoms with Crippen LogP contribution in [0.25, 0.3) is 0 Å². The molecule has 5 nitrogen and oxygen atoms in total. The van der Waals surface area contributed by atoms with Crippen LogP contribution in [0.1, 0.15) is 13.3 Å². The fourth-order valence-corrected chi connectivity index (χ4v) is 1.11. The van der Waals surface area contributed by atoms with Gasteiger partial charge in [0.05, 0.1) is 6.42 Å². The van der Waals surface area contributed by atoms with E-state index in [1.807, 2.05) is 0 Å². The van der Waals surface area contributed by atoms with E-state index in [1.165, 1.54) is 11.6 Å². The van der Waals surface area contributed by atoms with Crippen molar-refractivity contribution in [1.82, 2.24) is 4.72 Å². The number of rotatable bonds is 4. The minimum Gasteiger partial charge on any atom is -0.481 e. The van der Waals surface area contributed by atoms with Crippen LogP contribution in [0.2, 0.25) is 0 Å². The molecule has 1 unspecified atom stereocenters. The molecule has 0 spiro atoms. The van der Waals surface area contributed by atoms with Crippen LogP contribution in [0, 0.1) is 0 Å². The van der Waals surface area contributed by atoms with Crippen LogP contribution in [-0.4, -0.2) is 25.5 Å². The summed E-state index contributed by atoms with van der Waals surface area (Å²) in [5, 5.41) is 8.12. The van der Waals surface area contributed by atoms with E-state index in [1.54, 1.807) is 0 Å². The number of halogens is 1. The molecule has 66 valence electrons. The Morgan fingerprint density at radius 3 is 2.45 bits per heavy atom. The van der Waals surface area contributed by atoms with E-state index in [0.29, 0.717) is 0 Å². The molecule has 0 fully saturated rings. The lowest BCUT2D eigenvalue weighted by molar-refractivity contribution is -0.137. The molecular formula is C4H8FNO4S. The van der Waals surface area contributed by atoms with Crippen molar-refractivity contribution < 1.29 is 22.2 Å². The summed E-state index contributed by atoms with van der Waals surface area (Å²) >= 11 is 0. The Kier molecular flexibility index (Phi) is 3.40. The monoisotopic (exact) mass is 185 g/mol. The summed E-state index contributed by atoms with van der Waals surface area (Å²) in [6.07, 6.45) is -0.441. The lowest BCUT2D eigenvalue weighted by Crippen LogP contribution is -2.31. The maximum atomic E-state index is 11.8. The first kappa shape index (κ1) is 10.3. The molecule has 0 saturated heterocycles. The highest BCUT2D eigenvalue weighted by Crippen LogP contribution is 1.94. The first-order valence-corrected chi connectivity index (χ1v) is 4.13. The smallest absolute Gasteiger partial charge is 0.372 e. The number of carbonyl (C=O) groups is 1. The van der Waals surface area contributed by atoms with Gasteiger partial charge in [0, 0.05) is 6.04 Å². The number of hydrogen-bond acceptors (Lipinski definition) is 3. The van der Waals surface area contributed by atoms with Gasteiger partial charge in [-0.2, -0.15) is 13.1 Å². The van der Waals surface area contributed by atoms with Gasteiger partial charge in [0.1, 0.15) is 0 Å². The molecule has 0 aromatic rings. The summed E-state index contributed by atoms with van der Waals surface area (Å²) in [5.41, 5.74) is 0. The van der Waals surface area contributed by atoms with E-state index < -0.39 is 28.8 Å². The summed E-state index contributed by atoms with van der Waals surface area (Å²) in [4.78, 5) is 9.94. The minimum absolute atomic E-state index is 0.441. The van der Waals surface area contributed by atoms with Crippen molar-refractivity contribution in [2.75, 3.05) is 0 Å².